The molecule has 0 aliphatic heterocycles. The molecule has 0 aliphatic carbocycles. The van der Waals surface area contributed by atoms with Crippen molar-refractivity contribution in [3.63, 3.8) is 0 Å². The van der Waals surface area contributed by atoms with Gasteiger partial charge in [-0.1, -0.05) is 61.0 Å². The van der Waals surface area contributed by atoms with Crippen molar-refractivity contribution in [1.82, 2.24) is 30.2 Å². The van der Waals surface area contributed by atoms with E-state index in [1.54, 1.807) is 25.1 Å². The second-order valence-electron chi connectivity index (χ2n) is 10.9. The summed E-state index contributed by atoms with van der Waals surface area (Å²) >= 11 is 0. The topological polar surface area (TPSA) is 186 Å². The van der Waals surface area contributed by atoms with Crippen LogP contribution in [0.25, 0.3) is 33.5 Å². The largest absolute Gasteiger partial charge is 0.465 e. The number of rotatable bonds is 16. The lowest BCUT2D eigenvalue weighted by atomic mass is 9.98. The van der Waals surface area contributed by atoms with Crippen molar-refractivity contribution in [1.29, 1.82) is 0 Å². The molecule has 0 fully saturated rings. The van der Waals surface area contributed by atoms with Gasteiger partial charge in [-0.05, 0) is 60.7 Å². The van der Waals surface area contributed by atoms with E-state index in [9.17, 15) is 19.7 Å². The van der Waals surface area contributed by atoms with Gasteiger partial charge in [0.1, 0.15) is 6.10 Å². The quantitative estimate of drug-likeness (QED) is 0.0460. The second kappa shape index (κ2) is 15.6. The van der Waals surface area contributed by atoms with Gasteiger partial charge in [-0.3, -0.25) is 9.36 Å². The summed E-state index contributed by atoms with van der Waals surface area (Å²) in [5.74, 6) is -0.746. The van der Waals surface area contributed by atoms with E-state index in [2.05, 4.69) is 30.4 Å². The molecule has 15 heteroatoms. The van der Waals surface area contributed by atoms with Crippen molar-refractivity contribution in [3.8, 4) is 28.5 Å². The van der Waals surface area contributed by atoms with Gasteiger partial charge in [0.05, 0.1) is 29.7 Å². The molecule has 48 heavy (non-hydrogen) atoms. The minimum atomic E-state index is -1.15. The first kappa shape index (κ1) is 33.5. The van der Waals surface area contributed by atoms with Gasteiger partial charge in [-0.2, -0.15) is 10.2 Å². The van der Waals surface area contributed by atoms with Crippen LogP contribution in [0.4, 0.5) is 0 Å². The Kier molecular flexibility index (Phi) is 10.9. The van der Waals surface area contributed by atoms with Gasteiger partial charge in [-0.15, -0.1) is 20.3 Å². The number of hydrogen-bond acceptors (Lipinski definition) is 12. The smallest absolute Gasteiger partial charge is 0.343 e. The zero-order chi connectivity index (χ0) is 34.0. The maximum absolute atomic E-state index is 13.4. The molecule has 2 aromatic heterocycles. The van der Waals surface area contributed by atoms with Crippen LogP contribution in [0.2, 0.25) is 0 Å². The second-order valence-corrected chi connectivity index (χ2v) is 10.9. The molecule has 2 heterocycles. The van der Waals surface area contributed by atoms with Gasteiger partial charge in [0, 0.05) is 18.9 Å². The van der Waals surface area contributed by atoms with Crippen molar-refractivity contribution in [2.45, 2.75) is 65.4 Å². The minimum Gasteiger partial charge on any atom is -0.465 e. The molecule has 0 bridgehead atoms. The van der Waals surface area contributed by atoms with E-state index in [-0.39, 0.29) is 12.0 Å². The monoisotopic (exact) mass is 657 g/mol. The summed E-state index contributed by atoms with van der Waals surface area (Å²) in [7, 11) is 0. The average molecular weight is 658 g/mol. The molecule has 5 aromatic rings. The molecule has 1 N–H and O–H groups in total. The Balaban J connectivity index is 1.29. The fourth-order valence-corrected chi connectivity index (χ4v) is 5.28. The Hall–Kier alpha value is -5.86. The number of unbranched alkanes of at least 4 members (excludes halogenated alkanes) is 1. The first-order chi connectivity index (χ1) is 23.2. The van der Waals surface area contributed by atoms with Crippen LogP contribution in [-0.4, -0.2) is 66.2 Å². The number of carbonyl (C=O) groups is 2. The lowest BCUT2D eigenvalue weighted by Gasteiger charge is -2.16. The van der Waals surface area contributed by atoms with Crippen LogP contribution in [-0.2, 0) is 25.7 Å². The van der Waals surface area contributed by atoms with Crippen molar-refractivity contribution < 1.29 is 33.7 Å². The molecule has 0 saturated carbocycles. The standard InChI is InChI=1S/C33H35N7O8/c1-4-45-33-34-28-14-9-13-27(32(42)47-22(3)46-29(41)15-8-5-10-21(2)48-40(43)44)30(28)39(33)20-23-16-18-24(19-17-23)25-11-6-7-12-26(25)31-35-37-38-36-31/h6-7,9,11-14,16-19,21-22H,4-5,8,10,15,20H2,1-3H3,(H,35,36,37,38). The number of aromatic nitrogens is 6. The van der Waals surface area contributed by atoms with Gasteiger partial charge >= 0.3 is 11.9 Å². The summed E-state index contributed by atoms with van der Waals surface area (Å²) in [6.07, 6.45) is -0.268. The molecule has 0 radical (unpaired) electrons. The first-order valence-electron chi connectivity index (χ1n) is 15.5. The van der Waals surface area contributed by atoms with E-state index < -0.39 is 29.4 Å². The number of carbonyl (C=O) groups excluding carboxylic acids is 2. The Bertz CT molecular complexity index is 1860. The Morgan fingerprint density at radius 1 is 0.979 bits per heavy atom. The van der Waals surface area contributed by atoms with Gasteiger partial charge in [0.15, 0.2) is 0 Å². The zero-order valence-corrected chi connectivity index (χ0v) is 26.7. The van der Waals surface area contributed by atoms with Crippen molar-refractivity contribution >= 4 is 23.0 Å². The van der Waals surface area contributed by atoms with Crippen molar-refractivity contribution in [2.75, 3.05) is 6.61 Å². The molecule has 0 aliphatic rings. The molecule has 3 aromatic carbocycles. The highest BCUT2D eigenvalue weighted by molar-refractivity contribution is 6.02. The third kappa shape index (κ3) is 8.29. The summed E-state index contributed by atoms with van der Waals surface area (Å²) in [5.41, 5.74) is 4.98. The van der Waals surface area contributed by atoms with Crippen LogP contribution in [0.1, 0.15) is 62.4 Å². The van der Waals surface area contributed by atoms with Crippen molar-refractivity contribution in [2.24, 2.45) is 0 Å². The molecule has 2 unspecified atom stereocenters. The number of tetrazole rings is 1. The average Bonchev–Trinajstić information content (AvgIpc) is 3.72. The summed E-state index contributed by atoms with van der Waals surface area (Å²) in [6, 6.07) is 21.2. The maximum Gasteiger partial charge on any atom is 0.343 e. The Labute approximate surface area is 275 Å². The van der Waals surface area contributed by atoms with Crippen LogP contribution in [0.5, 0.6) is 6.01 Å². The molecule has 250 valence electrons. The number of para-hydroxylation sites is 1. The van der Waals surface area contributed by atoms with Crippen molar-refractivity contribution in [3.05, 3.63) is 88.0 Å². The van der Waals surface area contributed by atoms with Crippen LogP contribution in [0.3, 0.4) is 0 Å². The highest BCUT2D eigenvalue weighted by Gasteiger charge is 2.23. The molecular formula is C33H35N7O8. The van der Waals surface area contributed by atoms with E-state index in [1.165, 1.54) is 6.92 Å². The number of esters is 2. The van der Waals surface area contributed by atoms with E-state index in [0.717, 1.165) is 22.3 Å². The van der Waals surface area contributed by atoms with Gasteiger partial charge in [-0.25, -0.2) is 4.79 Å². The number of benzene rings is 3. The normalized spacial score (nSPS) is 12.3. The van der Waals surface area contributed by atoms with E-state index in [4.69, 9.17) is 14.2 Å². The van der Waals surface area contributed by atoms with Crippen LogP contribution >= 0.6 is 0 Å². The molecule has 0 amide bonds. The number of H-pyrrole nitrogens is 1. The third-order valence-electron chi connectivity index (χ3n) is 7.42. The zero-order valence-electron chi connectivity index (χ0n) is 26.7. The third-order valence-corrected chi connectivity index (χ3v) is 7.42. The number of imidazole rings is 1. The highest BCUT2D eigenvalue weighted by Crippen LogP contribution is 2.31. The first-order valence-corrected chi connectivity index (χ1v) is 15.5. The number of aromatic amines is 1. The molecule has 15 nitrogen and oxygen atoms in total. The Morgan fingerprint density at radius 2 is 1.75 bits per heavy atom. The predicted molar refractivity (Wildman–Crippen MR) is 172 cm³/mol. The molecule has 2 atom stereocenters. The molecular weight excluding hydrogens is 622 g/mol. The van der Waals surface area contributed by atoms with Crippen LogP contribution in [0, 0.1) is 10.1 Å². The van der Waals surface area contributed by atoms with E-state index >= 15 is 0 Å². The number of ether oxygens (including phenoxy) is 3. The minimum absolute atomic E-state index is 0.0641. The fourth-order valence-electron chi connectivity index (χ4n) is 5.28. The van der Waals surface area contributed by atoms with Gasteiger partial charge < -0.3 is 19.0 Å². The lowest BCUT2D eigenvalue weighted by Crippen LogP contribution is -2.22. The lowest BCUT2D eigenvalue weighted by molar-refractivity contribution is -0.767. The van der Waals surface area contributed by atoms with Crippen LogP contribution in [0.15, 0.2) is 66.7 Å². The number of nitrogens with zero attached hydrogens (tertiary/aromatic N) is 6. The summed E-state index contributed by atoms with van der Waals surface area (Å²) in [5, 5.41) is 24.0. The van der Waals surface area contributed by atoms with E-state index in [1.807, 2.05) is 60.0 Å². The number of hydrogen-bond donors (Lipinski definition) is 1. The molecule has 0 saturated heterocycles. The number of nitrogens with one attached hydrogen (secondary N) is 1. The number of fused-ring (bicyclic) bond motifs is 1. The summed E-state index contributed by atoms with van der Waals surface area (Å²) in [6.45, 7) is 5.61. The SMILES string of the molecule is CCOc1nc2cccc(C(=O)OC(C)OC(=O)CCCCC(C)O[N+](=O)[O-])c2n1Cc1ccc(-c2ccccc2-c2nn[nH]n2)cc1. The predicted octanol–water partition coefficient (Wildman–Crippen LogP) is 5.53. The van der Waals surface area contributed by atoms with Gasteiger partial charge in [0.25, 0.3) is 11.1 Å². The maximum atomic E-state index is 13.4. The van der Waals surface area contributed by atoms with Crippen LogP contribution < -0.4 is 4.74 Å². The van der Waals surface area contributed by atoms with E-state index in [0.29, 0.717) is 55.3 Å². The summed E-state index contributed by atoms with van der Waals surface area (Å²) in [4.78, 5) is 45.2. The highest BCUT2D eigenvalue weighted by atomic mass is 17.0. The fraction of sp³-hybridized carbons (Fsp3) is 0.333. The molecule has 5 rings (SSSR count). The summed E-state index contributed by atoms with van der Waals surface area (Å²) < 4.78 is 18.5. The Morgan fingerprint density at radius 3 is 2.46 bits per heavy atom. The van der Waals surface area contributed by atoms with Gasteiger partial charge in [0.2, 0.25) is 12.1 Å². The molecule has 0 spiro atoms.